The van der Waals surface area contributed by atoms with E-state index in [1.54, 1.807) is 18.2 Å². The van der Waals surface area contributed by atoms with Crippen molar-refractivity contribution in [2.75, 3.05) is 0 Å². The largest absolute Gasteiger partial charge is 0.491 e. The van der Waals surface area contributed by atoms with Gasteiger partial charge in [-0.3, -0.25) is 4.79 Å². The molecular weight excluding hydrogens is 404 g/mol. The first kappa shape index (κ1) is 25.3. The summed E-state index contributed by atoms with van der Waals surface area (Å²) in [6.07, 6.45) is 3.20. The Bertz CT molecular complexity index is 926. The molecule has 32 heavy (non-hydrogen) atoms. The lowest BCUT2D eigenvalue weighted by Crippen LogP contribution is -2.13. The van der Waals surface area contributed by atoms with Gasteiger partial charge in [0.2, 0.25) is 0 Å². The fourth-order valence-corrected chi connectivity index (χ4v) is 3.03. The zero-order valence-corrected chi connectivity index (χ0v) is 20.5. The number of hydrogen-bond acceptors (Lipinski definition) is 5. The minimum absolute atomic E-state index is 0.00521. The lowest BCUT2D eigenvalue weighted by atomic mass is 10.1. The van der Waals surface area contributed by atoms with Gasteiger partial charge in [-0.1, -0.05) is 6.07 Å². The highest BCUT2D eigenvalue weighted by Crippen LogP contribution is 2.34. The highest BCUT2D eigenvalue weighted by molar-refractivity contribution is 6.09. The highest BCUT2D eigenvalue weighted by Gasteiger charge is 2.18. The first-order valence-electron chi connectivity index (χ1n) is 11.2. The third-order valence-electron chi connectivity index (χ3n) is 4.09. The lowest BCUT2D eigenvalue weighted by Gasteiger charge is -2.19. The normalized spacial score (nSPS) is 11.6. The van der Waals surface area contributed by atoms with Gasteiger partial charge in [-0.25, -0.2) is 0 Å². The number of carbonyl (C=O) groups excluding carboxylic acids is 1. The molecule has 5 heteroatoms. The topological polar surface area (TPSA) is 54.0 Å². The summed E-state index contributed by atoms with van der Waals surface area (Å²) in [4.78, 5) is 13.2. The number of ketones is 1. The van der Waals surface area contributed by atoms with E-state index in [-0.39, 0.29) is 30.2 Å². The third kappa shape index (κ3) is 7.63. The molecule has 174 valence electrons. The molecule has 5 nitrogen and oxygen atoms in total. The van der Waals surface area contributed by atoms with Crippen LogP contribution in [0.15, 0.2) is 42.5 Å². The predicted octanol–water partition coefficient (Wildman–Crippen LogP) is 6.73. The molecule has 0 unspecified atom stereocenters. The molecule has 0 amide bonds. The van der Waals surface area contributed by atoms with Crippen molar-refractivity contribution >= 4 is 11.9 Å². The maximum Gasteiger partial charge on any atom is 0.189 e. The smallest absolute Gasteiger partial charge is 0.189 e. The summed E-state index contributed by atoms with van der Waals surface area (Å²) < 4.78 is 23.6. The molecule has 0 spiro atoms. The van der Waals surface area contributed by atoms with Crippen molar-refractivity contribution in [1.29, 1.82) is 0 Å². The van der Waals surface area contributed by atoms with Crippen molar-refractivity contribution in [3.05, 3.63) is 53.6 Å². The molecule has 0 fully saturated rings. The van der Waals surface area contributed by atoms with Gasteiger partial charge in [-0.2, -0.15) is 0 Å². The van der Waals surface area contributed by atoms with Crippen LogP contribution in [0.2, 0.25) is 0 Å². The summed E-state index contributed by atoms with van der Waals surface area (Å²) in [7, 11) is 0. The summed E-state index contributed by atoms with van der Waals surface area (Å²) in [6, 6.07) is 11.0. The van der Waals surface area contributed by atoms with Gasteiger partial charge in [-0.05, 0) is 97.9 Å². The Morgan fingerprint density at radius 3 is 1.91 bits per heavy atom. The minimum Gasteiger partial charge on any atom is -0.491 e. The van der Waals surface area contributed by atoms with Crippen molar-refractivity contribution in [3.8, 4) is 23.0 Å². The van der Waals surface area contributed by atoms with Crippen LogP contribution in [0.1, 0.15) is 71.3 Å². The van der Waals surface area contributed by atoms with Gasteiger partial charge >= 0.3 is 0 Å². The number of benzene rings is 2. The number of rotatable bonds is 11. The zero-order chi connectivity index (χ0) is 23.8. The zero-order valence-electron chi connectivity index (χ0n) is 20.5. The SMILES string of the molecule is CC(C)Oc1ccc(OC(C)C)c(C=CC(=O)c2cccc(OC(C)C)c2OC(C)C)c1. The molecule has 0 saturated heterocycles. The molecule has 0 radical (unpaired) electrons. The molecule has 0 aliphatic rings. The van der Waals surface area contributed by atoms with E-state index in [0.717, 1.165) is 11.3 Å². The summed E-state index contributed by atoms with van der Waals surface area (Å²) in [6.45, 7) is 15.6. The van der Waals surface area contributed by atoms with E-state index < -0.39 is 0 Å². The van der Waals surface area contributed by atoms with Gasteiger partial charge < -0.3 is 18.9 Å². The highest BCUT2D eigenvalue weighted by atomic mass is 16.5. The van der Waals surface area contributed by atoms with Crippen LogP contribution in [-0.4, -0.2) is 30.2 Å². The van der Waals surface area contributed by atoms with Crippen molar-refractivity contribution in [3.63, 3.8) is 0 Å². The molecule has 0 aromatic heterocycles. The summed E-state index contributed by atoms with van der Waals surface area (Å²) in [5.41, 5.74) is 1.22. The summed E-state index contributed by atoms with van der Waals surface area (Å²) >= 11 is 0. The number of ether oxygens (including phenoxy) is 4. The number of hydrogen-bond donors (Lipinski definition) is 0. The minimum atomic E-state index is -0.180. The van der Waals surface area contributed by atoms with Gasteiger partial charge in [0, 0.05) is 5.56 Å². The molecule has 0 saturated carbocycles. The molecule has 0 aliphatic carbocycles. The second kappa shape index (κ2) is 11.6. The van der Waals surface area contributed by atoms with Crippen molar-refractivity contribution in [1.82, 2.24) is 0 Å². The van der Waals surface area contributed by atoms with Crippen molar-refractivity contribution in [2.24, 2.45) is 0 Å². The van der Waals surface area contributed by atoms with Crippen LogP contribution in [0.25, 0.3) is 6.08 Å². The Balaban J connectivity index is 2.42. The Labute approximate surface area is 192 Å². The second-order valence-corrected chi connectivity index (χ2v) is 8.70. The fraction of sp³-hybridized carbons (Fsp3) is 0.444. The monoisotopic (exact) mass is 440 g/mol. The number of para-hydroxylation sites is 1. The van der Waals surface area contributed by atoms with Gasteiger partial charge in [0.1, 0.15) is 11.5 Å². The summed E-state index contributed by atoms with van der Waals surface area (Å²) in [5.74, 6) is 2.25. The maximum absolute atomic E-state index is 13.2. The van der Waals surface area contributed by atoms with Crippen LogP contribution in [0, 0.1) is 0 Å². The van der Waals surface area contributed by atoms with E-state index in [9.17, 15) is 4.79 Å². The number of carbonyl (C=O) groups is 1. The lowest BCUT2D eigenvalue weighted by molar-refractivity contribution is 0.103. The first-order valence-corrected chi connectivity index (χ1v) is 11.2. The van der Waals surface area contributed by atoms with E-state index >= 15 is 0 Å². The van der Waals surface area contributed by atoms with Crippen molar-refractivity contribution in [2.45, 2.75) is 79.8 Å². The molecule has 2 rings (SSSR count). The van der Waals surface area contributed by atoms with Gasteiger partial charge in [0.05, 0.1) is 30.0 Å². The third-order valence-corrected chi connectivity index (χ3v) is 4.09. The fourth-order valence-electron chi connectivity index (χ4n) is 3.03. The maximum atomic E-state index is 13.2. The Morgan fingerprint density at radius 2 is 1.31 bits per heavy atom. The van der Waals surface area contributed by atoms with Crippen LogP contribution in [0.3, 0.4) is 0 Å². The van der Waals surface area contributed by atoms with E-state index in [1.165, 1.54) is 6.08 Å². The Morgan fingerprint density at radius 1 is 0.719 bits per heavy atom. The standard InChI is InChI=1S/C27H36O5/c1-17(2)29-22-13-15-25(30-18(3)4)21(16-22)12-14-24(28)23-10-9-11-26(31-19(5)6)27(23)32-20(7)8/h9-20H,1-8H3. The van der Waals surface area contributed by atoms with Crippen LogP contribution < -0.4 is 18.9 Å². The molecule has 2 aromatic carbocycles. The molecule has 0 heterocycles. The molecule has 2 aromatic rings. The average Bonchev–Trinajstić information content (AvgIpc) is 2.67. The predicted molar refractivity (Wildman–Crippen MR) is 129 cm³/mol. The quantitative estimate of drug-likeness (QED) is 0.286. The van der Waals surface area contributed by atoms with Gasteiger partial charge in [0.15, 0.2) is 17.3 Å². The van der Waals surface area contributed by atoms with E-state index in [4.69, 9.17) is 18.9 Å². The Kier molecular flexibility index (Phi) is 9.18. The van der Waals surface area contributed by atoms with Crippen LogP contribution >= 0.6 is 0 Å². The first-order chi connectivity index (χ1) is 15.1. The van der Waals surface area contributed by atoms with E-state index in [0.29, 0.717) is 22.8 Å². The summed E-state index contributed by atoms with van der Waals surface area (Å²) in [5, 5.41) is 0. The molecular formula is C27H36O5. The number of allylic oxidation sites excluding steroid dienone is 1. The average molecular weight is 441 g/mol. The van der Waals surface area contributed by atoms with Crippen LogP contribution in [0.5, 0.6) is 23.0 Å². The van der Waals surface area contributed by atoms with Gasteiger partial charge in [0.25, 0.3) is 0 Å². The van der Waals surface area contributed by atoms with Crippen LogP contribution in [0.4, 0.5) is 0 Å². The van der Waals surface area contributed by atoms with Crippen LogP contribution in [-0.2, 0) is 0 Å². The second-order valence-electron chi connectivity index (χ2n) is 8.70. The molecule has 0 bridgehead atoms. The van der Waals surface area contributed by atoms with Crippen molar-refractivity contribution < 1.29 is 23.7 Å². The molecule has 0 atom stereocenters. The Hall–Kier alpha value is -2.95. The van der Waals surface area contributed by atoms with E-state index in [2.05, 4.69) is 0 Å². The van der Waals surface area contributed by atoms with Gasteiger partial charge in [-0.15, -0.1) is 0 Å². The molecule has 0 aliphatic heterocycles. The van der Waals surface area contributed by atoms with E-state index in [1.807, 2.05) is 79.7 Å². The molecule has 0 N–H and O–H groups in total.